The standard InChI is InChI=1S/C6H13N.C4H11N/c1-2-7-5-3-4-6-7;1-4-5(2)3/h2-6H2,1H3;4H2,1-3H3. The lowest BCUT2D eigenvalue weighted by Gasteiger charge is -2.08. The van der Waals surface area contributed by atoms with E-state index < -0.39 is 0 Å². The normalized spacial score (nSPS) is 17.8. The van der Waals surface area contributed by atoms with Crippen molar-refractivity contribution in [1.29, 1.82) is 0 Å². The lowest BCUT2D eigenvalue weighted by molar-refractivity contribution is 0.359. The van der Waals surface area contributed by atoms with Crippen LogP contribution in [0.2, 0.25) is 0 Å². The summed E-state index contributed by atoms with van der Waals surface area (Å²) < 4.78 is 0. The van der Waals surface area contributed by atoms with E-state index in [1.807, 2.05) is 0 Å². The number of hydrogen-bond acceptors (Lipinski definition) is 2. The van der Waals surface area contributed by atoms with E-state index in [0.717, 1.165) is 6.54 Å². The smallest absolute Gasteiger partial charge is 0.00184 e. The lowest BCUT2D eigenvalue weighted by Crippen LogP contribution is -2.17. The molecule has 0 N–H and O–H groups in total. The Hall–Kier alpha value is -0.0800. The molecule has 74 valence electrons. The van der Waals surface area contributed by atoms with Gasteiger partial charge in [0.05, 0.1) is 0 Å². The molecule has 0 atom stereocenters. The Bertz CT molecular complexity index is 85.8. The number of likely N-dealkylation sites (tertiary alicyclic amines) is 1. The Balaban J connectivity index is 0.000000217. The van der Waals surface area contributed by atoms with Crippen LogP contribution in [-0.2, 0) is 0 Å². The first kappa shape index (κ1) is 11.9. The van der Waals surface area contributed by atoms with E-state index >= 15 is 0 Å². The first-order chi connectivity index (χ1) is 5.70. The maximum Gasteiger partial charge on any atom is -0.00184 e. The predicted molar refractivity (Wildman–Crippen MR) is 55.6 cm³/mol. The summed E-state index contributed by atoms with van der Waals surface area (Å²) >= 11 is 0. The van der Waals surface area contributed by atoms with Crippen LogP contribution in [0.1, 0.15) is 26.7 Å². The monoisotopic (exact) mass is 172 g/mol. The van der Waals surface area contributed by atoms with Gasteiger partial charge < -0.3 is 9.80 Å². The fourth-order valence-electron chi connectivity index (χ4n) is 1.10. The summed E-state index contributed by atoms with van der Waals surface area (Å²) in [6.07, 6.45) is 2.85. The average molecular weight is 172 g/mol. The fourth-order valence-corrected chi connectivity index (χ4v) is 1.10. The number of rotatable bonds is 2. The molecule has 0 bridgehead atoms. The van der Waals surface area contributed by atoms with Gasteiger partial charge in [-0.05, 0) is 53.1 Å². The molecule has 0 aliphatic carbocycles. The Morgan fingerprint density at radius 3 is 1.67 bits per heavy atom. The highest BCUT2D eigenvalue weighted by atomic mass is 15.1. The third-order valence-corrected chi connectivity index (χ3v) is 2.28. The average Bonchev–Trinajstić information content (AvgIpc) is 2.57. The molecule has 1 saturated heterocycles. The van der Waals surface area contributed by atoms with E-state index in [1.54, 1.807) is 0 Å². The van der Waals surface area contributed by atoms with Crippen molar-refractivity contribution in [3.63, 3.8) is 0 Å². The molecule has 1 rings (SSSR count). The molecule has 1 heterocycles. The number of hydrogen-bond donors (Lipinski definition) is 0. The summed E-state index contributed by atoms with van der Waals surface area (Å²) in [6.45, 7) is 9.43. The predicted octanol–water partition coefficient (Wildman–Crippen LogP) is 1.67. The Kier molecular flexibility index (Phi) is 7.51. The molecule has 1 aliphatic rings. The van der Waals surface area contributed by atoms with Crippen LogP contribution in [0.5, 0.6) is 0 Å². The molecule has 0 saturated carbocycles. The molecule has 0 spiro atoms. The lowest BCUT2D eigenvalue weighted by atomic mass is 10.4. The maximum atomic E-state index is 2.49. The summed E-state index contributed by atoms with van der Waals surface area (Å²) in [7, 11) is 4.11. The summed E-state index contributed by atoms with van der Waals surface area (Å²) in [5.41, 5.74) is 0. The third-order valence-electron chi connectivity index (χ3n) is 2.28. The molecule has 0 aromatic carbocycles. The zero-order valence-corrected chi connectivity index (χ0v) is 9.14. The molecule has 0 amide bonds. The third kappa shape index (κ3) is 6.62. The van der Waals surface area contributed by atoms with Gasteiger partial charge >= 0.3 is 0 Å². The van der Waals surface area contributed by atoms with E-state index in [-0.39, 0.29) is 0 Å². The van der Waals surface area contributed by atoms with E-state index in [1.165, 1.54) is 32.5 Å². The van der Waals surface area contributed by atoms with Gasteiger partial charge in [-0.3, -0.25) is 0 Å². The molecular weight excluding hydrogens is 148 g/mol. The highest BCUT2D eigenvalue weighted by Gasteiger charge is 2.06. The minimum Gasteiger partial charge on any atom is -0.310 e. The van der Waals surface area contributed by atoms with E-state index in [9.17, 15) is 0 Å². The van der Waals surface area contributed by atoms with Crippen molar-refractivity contribution in [2.45, 2.75) is 26.7 Å². The van der Waals surface area contributed by atoms with Crippen molar-refractivity contribution in [3.8, 4) is 0 Å². The second kappa shape index (κ2) is 7.56. The van der Waals surface area contributed by atoms with Crippen molar-refractivity contribution in [2.75, 3.05) is 40.3 Å². The van der Waals surface area contributed by atoms with Crippen LogP contribution in [0.25, 0.3) is 0 Å². The van der Waals surface area contributed by atoms with Gasteiger partial charge in [0.15, 0.2) is 0 Å². The topological polar surface area (TPSA) is 6.48 Å². The van der Waals surface area contributed by atoms with Gasteiger partial charge in [0, 0.05) is 0 Å². The molecule has 12 heavy (non-hydrogen) atoms. The Morgan fingerprint density at radius 1 is 1.08 bits per heavy atom. The van der Waals surface area contributed by atoms with Gasteiger partial charge in [0.2, 0.25) is 0 Å². The van der Waals surface area contributed by atoms with Crippen molar-refractivity contribution in [3.05, 3.63) is 0 Å². The number of nitrogens with zero attached hydrogens (tertiary/aromatic N) is 2. The van der Waals surface area contributed by atoms with Gasteiger partial charge in [-0.25, -0.2) is 0 Å². The van der Waals surface area contributed by atoms with Crippen LogP contribution >= 0.6 is 0 Å². The Morgan fingerprint density at radius 2 is 1.50 bits per heavy atom. The second-order valence-electron chi connectivity index (χ2n) is 3.54. The van der Waals surface area contributed by atoms with Gasteiger partial charge in [-0.1, -0.05) is 13.8 Å². The molecule has 0 aromatic heterocycles. The first-order valence-electron chi connectivity index (χ1n) is 5.07. The SMILES string of the molecule is CCN(C)C.CCN1CCCC1. The minimum absolute atomic E-state index is 1.14. The molecular formula is C10H24N2. The second-order valence-corrected chi connectivity index (χ2v) is 3.54. The van der Waals surface area contributed by atoms with E-state index in [4.69, 9.17) is 0 Å². The highest BCUT2D eigenvalue weighted by molar-refractivity contribution is 4.62. The van der Waals surface area contributed by atoms with Crippen LogP contribution in [0, 0.1) is 0 Å². The van der Waals surface area contributed by atoms with Gasteiger partial charge in [0.1, 0.15) is 0 Å². The van der Waals surface area contributed by atoms with Crippen LogP contribution in [-0.4, -0.2) is 50.1 Å². The van der Waals surface area contributed by atoms with Crippen molar-refractivity contribution in [2.24, 2.45) is 0 Å². The molecule has 0 unspecified atom stereocenters. The highest BCUT2D eigenvalue weighted by Crippen LogP contribution is 2.04. The summed E-state index contributed by atoms with van der Waals surface area (Å²) in [4.78, 5) is 4.61. The van der Waals surface area contributed by atoms with Crippen molar-refractivity contribution < 1.29 is 0 Å². The zero-order chi connectivity index (χ0) is 9.40. The largest absolute Gasteiger partial charge is 0.310 e. The molecule has 0 aromatic rings. The summed E-state index contributed by atoms with van der Waals surface area (Å²) in [5, 5.41) is 0. The molecule has 2 nitrogen and oxygen atoms in total. The van der Waals surface area contributed by atoms with Gasteiger partial charge in [-0.15, -0.1) is 0 Å². The first-order valence-corrected chi connectivity index (χ1v) is 5.07. The van der Waals surface area contributed by atoms with E-state index in [0.29, 0.717) is 0 Å². The Labute approximate surface area is 77.5 Å². The van der Waals surface area contributed by atoms with Crippen molar-refractivity contribution >= 4 is 0 Å². The van der Waals surface area contributed by atoms with Crippen LogP contribution in [0.3, 0.4) is 0 Å². The van der Waals surface area contributed by atoms with Crippen LogP contribution in [0.15, 0.2) is 0 Å². The van der Waals surface area contributed by atoms with E-state index in [2.05, 4.69) is 37.7 Å². The summed E-state index contributed by atoms with van der Waals surface area (Å²) in [6, 6.07) is 0. The maximum absolute atomic E-state index is 2.49. The summed E-state index contributed by atoms with van der Waals surface area (Å²) in [5.74, 6) is 0. The van der Waals surface area contributed by atoms with Crippen molar-refractivity contribution in [1.82, 2.24) is 9.80 Å². The molecule has 1 aliphatic heterocycles. The zero-order valence-electron chi connectivity index (χ0n) is 9.14. The molecule has 2 heteroatoms. The van der Waals surface area contributed by atoms with Gasteiger partial charge in [0.25, 0.3) is 0 Å². The molecule has 1 fully saturated rings. The molecule has 0 radical (unpaired) electrons. The van der Waals surface area contributed by atoms with Crippen LogP contribution < -0.4 is 0 Å². The minimum atomic E-state index is 1.14. The fraction of sp³-hybridized carbons (Fsp3) is 1.00. The van der Waals surface area contributed by atoms with Crippen LogP contribution in [0.4, 0.5) is 0 Å². The van der Waals surface area contributed by atoms with Gasteiger partial charge in [-0.2, -0.15) is 0 Å². The quantitative estimate of drug-likeness (QED) is 0.625.